The first kappa shape index (κ1) is 24.2. The highest BCUT2D eigenvalue weighted by Crippen LogP contribution is 2.16. The lowest BCUT2D eigenvalue weighted by molar-refractivity contribution is -0.120. The Morgan fingerprint density at radius 2 is 2.00 bits per heavy atom. The highest BCUT2D eigenvalue weighted by atomic mass is 35.5. The number of halogens is 1. The zero-order valence-electron chi connectivity index (χ0n) is 18.3. The van der Waals surface area contributed by atoms with Crippen LogP contribution < -0.4 is 22.3 Å². The summed E-state index contributed by atoms with van der Waals surface area (Å²) in [4.78, 5) is 40.7. The number of nitrogens with two attached hydrogens (primary N) is 2. The highest BCUT2D eigenvalue weighted by Gasteiger charge is 2.14. The normalized spacial score (nSPS) is 10.9. The van der Waals surface area contributed by atoms with Crippen LogP contribution in [0.2, 0.25) is 5.02 Å². The summed E-state index contributed by atoms with van der Waals surface area (Å²) in [7, 11) is 0. The number of oxazole rings is 1. The number of carbonyl (C=O) groups excluding carboxylic acids is 2. The fourth-order valence-electron chi connectivity index (χ4n) is 3.41. The van der Waals surface area contributed by atoms with Gasteiger partial charge in [0.2, 0.25) is 17.7 Å². The minimum Gasteiger partial charge on any atom is -0.448 e. The molecule has 1 aromatic carbocycles. The van der Waals surface area contributed by atoms with Gasteiger partial charge in [0.15, 0.2) is 0 Å². The van der Waals surface area contributed by atoms with E-state index in [1.807, 2.05) is 6.07 Å². The number of rotatable bonds is 10. The molecule has 3 aromatic rings. The van der Waals surface area contributed by atoms with Gasteiger partial charge >= 0.3 is 0 Å². The Morgan fingerprint density at radius 1 is 1.21 bits per heavy atom. The van der Waals surface area contributed by atoms with Gasteiger partial charge in [-0.05, 0) is 41.8 Å². The third-order valence-electron chi connectivity index (χ3n) is 5.23. The molecule has 10 heteroatoms. The number of nitrogens with one attached hydrogen (secondary N) is 1. The van der Waals surface area contributed by atoms with Crippen LogP contribution in [0.15, 0.2) is 45.9 Å². The zero-order valence-corrected chi connectivity index (χ0v) is 19.0. The van der Waals surface area contributed by atoms with E-state index in [1.54, 1.807) is 31.3 Å². The van der Waals surface area contributed by atoms with Gasteiger partial charge in [0, 0.05) is 42.8 Å². The second-order valence-corrected chi connectivity index (χ2v) is 8.11. The first-order chi connectivity index (χ1) is 15.8. The smallest absolute Gasteiger partial charge is 0.254 e. The molecule has 0 saturated carbocycles. The molecule has 0 spiro atoms. The summed E-state index contributed by atoms with van der Waals surface area (Å²) in [6.45, 7) is 2.75. The van der Waals surface area contributed by atoms with Crippen molar-refractivity contribution in [2.24, 2.45) is 11.5 Å². The van der Waals surface area contributed by atoms with E-state index >= 15 is 0 Å². The SMILES string of the molecule is Cc1ccn(CCc2coc(CC(N)=O)n2)c(=O)c1CC(=O)NCc1cc(Cl)ccc1CN. The molecule has 3 rings (SSSR count). The van der Waals surface area contributed by atoms with Crippen molar-refractivity contribution in [3.05, 3.63) is 85.9 Å². The van der Waals surface area contributed by atoms with Crippen molar-refractivity contribution in [2.45, 2.75) is 45.8 Å². The van der Waals surface area contributed by atoms with Crippen LogP contribution >= 0.6 is 11.6 Å². The monoisotopic (exact) mass is 471 g/mol. The van der Waals surface area contributed by atoms with Crippen molar-refractivity contribution < 1.29 is 14.0 Å². The summed E-state index contributed by atoms with van der Waals surface area (Å²) in [5.74, 6) is -0.567. The maximum atomic E-state index is 13.0. The lowest BCUT2D eigenvalue weighted by Gasteiger charge is -2.12. The van der Waals surface area contributed by atoms with Gasteiger partial charge in [0.05, 0.1) is 12.1 Å². The molecule has 0 aliphatic rings. The van der Waals surface area contributed by atoms with E-state index in [0.717, 1.165) is 16.7 Å². The standard InChI is InChI=1S/C23H26ClN5O4/c1-14-4-6-29(7-5-18-13-33-22(28-18)10-20(26)30)23(32)19(14)9-21(31)27-12-16-8-17(24)3-2-15(16)11-25/h2-4,6,8,13H,5,7,9-12,25H2,1H3,(H2,26,30)(H,27,31). The molecule has 0 aliphatic carbocycles. The molecule has 0 unspecified atom stereocenters. The van der Waals surface area contributed by atoms with E-state index in [1.165, 1.54) is 10.8 Å². The summed E-state index contributed by atoms with van der Waals surface area (Å²) in [6.07, 6.45) is 3.43. The molecule has 33 heavy (non-hydrogen) atoms. The maximum Gasteiger partial charge on any atom is 0.254 e. The second-order valence-electron chi connectivity index (χ2n) is 7.67. The van der Waals surface area contributed by atoms with Crippen LogP contribution in [-0.4, -0.2) is 21.4 Å². The Bertz CT molecular complexity index is 1220. The lowest BCUT2D eigenvalue weighted by Crippen LogP contribution is -2.31. The molecule has 2 aromatic heterocycles. The molecular formula is C23H26ClN5O4. The quantitative estimate of drug-likeness (QED) is 0.407. The van der Waals surface area contributed by atoms with E-state index in [2.05, 4.69) is 10.3 Å². The van der Waals surface area contributed by atoms with E-state index in [0.29, 0.717) is 35.8 Å². The molecule has 2 amide bonds. The molecule has 0 atom stereocenters. The molecule has 0 radical (unpaired) electrons. The Balaban J connectivity index is 1.65. The first-order valence-electron chi connectivity index (χ1n) is 10.4. The largest absolute Gasteiger partial charge is 0.448 e. The van der Waals surface area contributed by atoms with Crippen molar-refractivity contribution in [3.63, 3.8) is 0 Å². The topological polar surface area (TPSA) is 146 Å². The van der Waals surface area contributed by atoms with Crippen molar-refractivity contribution >= 4 is 23.4 Å². The maximum absolute atomic E-state index is 13.0. The Hall–Kier alpha value is -3.43. The number of aryl methyl sites for hydroxylation is 3. The predicted octanol–water partition coefficient (Wildman–Crippen LogP) is 1.39. The van der Waals surface area contributed by atoms with Crippen LogP contribution in [0.3, 0.4) is 0 Å². The summed E-state index contributed by atoms with van der Waals surface area (Å²) in [5, 5.41) is 3.40. The summed E-state index contributed by atoms with van der Waals surface area (Å²) >= 11 is 6.05. The first-order valence-corrected chi connectivity index (χ1v) is 10.8. The molecule has 0 aliphatic heterocycles. The average molecular weight is 472 g/mol. The summed E-state index contributed by atoms with van der Waals surface area (Å²) < 4.78 is 6.74. The average Bonchev–Trinajstić information content (AvgIpc) is 3.21. The number of nitrogens with zero attached hydrogens (tertiary/aromatic N) is 2. The molecule has 5 N–H and O–H groups in total. The molecular weight excluding hydrogens is 446 g/mol. The molecule has 0 fully saturated rings. The van der Waals surface area contributed by atoms with Gasteiger partial charge in [-0.1, -0.05) is 17.7 Å². The minimum absolute atomic E-state index is 0.0449. The molecule has 2 heterocycles. The number of carbonyl (C=O) groups is 2. The van der Waals surface area contributed by atoms with Gasteiger partial charge in [-0.25, -0.2) is 4.98 Å². The van der Waals surface area contributed by atoms with Gasteiger partial charge < -0.3 is 25.8 Å². The third kappa shape index (κ3) is 6.53. The number of hydrogen-bond donors (Lipinski definition) is 3. The van der Waals surface area contributed by atoms with Crippen molar-refractivity contribution in [2.75, 3.05) is 0 Å². The lowest BCUT2D eigenvalue weighted by atomic mass is 10.1. The van der Waals surface area contributed by atoms with Gasteiger partial charge in [-0.3, -0.25) is 14.4 Å². The Kier molecular flexibility index (Phi) is 8.02. The number of hydrogen-bond acceptors (Lipinski definition) is 6. The second kappa shape index (κ2) is 10.9. The summed E-state index contributed by atoms with van der Waals surface area (Å²) in [5.41, 5.74) is 14.1. The number of aromatic nitrogens is 2. The zero-order chi connectivity index (χ0) is 24.0. The molecule has 174 valence electrons. The number of pyridine rings is 1. The van der Waals surface area contributed by atoms with E-state index in [-0.39, 0.29) is 36.7 Å². The van der Waals surface area contributed by atoms with E-state index < -0.39 is 5.91 Å². The van der Waals surface area contributed by atoms with Gasteiger partial charge in [-0.2, -0.15) is 0 Å². The number of benzene rings is 1. The number of amides is 2. The fraction of sp³-hybridized carbons (Fsp3) is 0.304. The molecule has 9 nitrogen and oxygen atoms in total. The molecule has 0 saturated heterocycles. The number of primary amides is 1. The minimum atomic E-state index is -0.532. The van der Waals surface area contributed by atoms with Crippen LogP contribution in [-0.2, 0) is 48.5 Å². The van der Waals surface area contributed by atoms with Crippen molar-refractivity contribution in [1.29, 1.82) is 0 Å². The van der Waals surface area contributed by atoms with E-state index in [9.17, 15) is 14.4 Å². The Labute approximate surface area is 195 Å². The Morgan fingerprint density at radius 3 is 2.73 bits per heavy atom. The highest BCUT2D eigenvalue weighted by molar-refractivity contribution is 6.30. The van der Waals surface area contributed by atoms with Crippen LogP contribution in [0.4, 0.5) is 0 Å². The van der Waals surface area contributed by atoms with Gasteiger partial charge in [-0.15, -0.1) is 0 Å². The third-order valence-corrected chi connectivity index (χ3v) is 5.47. The van der Waals surface area contributed by atoms with Crippen LogP contribution in [0, 0.1) is 6.92 Å². The van der Waals surface area contributed by atoms with Crippen LogP contribution in [0.25, 0.3) is 0 Å². The van der Waals surface area contributed by atoms with Crippen LogP contribution in [0.1, 0.15) is 33.8 Å². The van der Waals surface area contributed by atoms with Gasteiger partial charge in [0.25, 0.3) is 5.56 Å². The predicted molar refractivity (Wildman–Crippen MR) is 123 cm³/mol. The molecule has 0 bridgehead atoms. The fourth-order valence-corrected chi connectivity index (χ4v) is 3.60. The van der Waals surface area contributed by atoms with Crippen molar-refractivity contribution in [1.82, 2.24) is 14.9 Å². The van der Waals surface area contributed by atoms with Gasteiger partial charge in [0.1, 0.15) is 12.7 Å². The summed E-state index contributed by atoms with van der Waals surface area (Å²) in [6, 6.07) is 7.15. The van der Waals surface area contributed by atoms with Crippen molar-refractivity contribution in [3.8, 4) is 0 Å². The van der Waals surface area contributed by atoms with E-state index in [4.69, 9.17) is 27.5 Å². The van der Waals surface area contributed by atoms with Crippen LogP contribution in [0.5, 0.6) is 0 Å².